The first kappa shape index (κ1) is 17.2. The van der Waals surface area contributed by atoms with Gasteiger partial charge in [-0.25, -0.2) is 8.42 Å². The van der Waals surface area contributed by atoms with Crippen molar-refractivity contribution in [2.75, 3.05) is 26.2 Å². The minimum atomic E-state index is -3.51. The van der Waals surface area contributed by atoms with Gasteiger partial charge in [-0.05, 0) is 43.7 Å². The number of piperazine rings is 1. The van der Waals surface area contributed by atoms with Crippen LogP contribution in [0.25, 0.3) is 0 Å². The van der Waals surface area contributed by atoms with E-state index in [0.29, 0.717) is 31.1 Å². The second kappa shape index (κ2) is 6.93. The van der Waals surface area contributed by atoms with Crippen molar-refractivity contribution in [2.45, 2.75) is 18.7 Å². The maximum Gasteiger partial charge on any atom is 0.246 e. The van der Waals surface area contributed by atoms with Gasteiger partial charge in [0.25, 0.3) is 0 Å². The van der Waals surface area contributed by atoms with Crippen molar-refractivity contribution in [1.29, 1.82) is 0 Å². The van der Waals surface area contributed by atoms with Crippen LogP contribution in [0.1, 0.15) is 12.5 Å². The van der Waals surface area contributed by atoms with Crippen molar-refractivity contribution in [3.05, 3.63) is 40.4 Å². The van der Waals surface area contributed by atoms with E-state index in [2.05, 4.69) is 15.9 Å². The predicted molar refractivity (Wildman–Crippen MR) is 89.0 cm³/mol. The monoisotopic (exact) mass is 386 g/mol. The summed E-state index contributed by atoms with van der Waals surface area (Å²) in [7, 11) is -3.51. The molecule has 1 aliphatic heterocycles. The van der Waals surface area contributed by atoms with E-state index in [-0.39, 0.29) is 5.91 Å². The van der Waals surface area contributed by atoms with E-state index >= 15 is 0 Å². The fourth-order valence-electron chi connectivity index (χ4n) is 2.32. The molecule has 0 N–H and O–H groups in total. The van der Waals surface area contributed by atoms with Crippen molar-refractivity contribution in [1.82, 2.24) is 9.21 Å². The highest BCUT2D eigenvalue weighted by Crippen LogP contribution is 2.23. The number of allylic oxidation sites excluding steroid dienone is 1. The van der Waals surface area contributed by atoms with Gasteiger partial charge < -0.3 is 4.90 Å². The Morgan fingerprint density at radius 3 is 2.41 bits per heavy atom. The van der Waals surface area contributed by atoms with Crippen LogP contribution >= 0.6 is 15.9 Å². The Labute approximate surface area is 139 Å². The number of halogens is 1. The number of benzene rings is 1. The van der Waals surface area contributed by atoms with Gasteiger partial charge in [0.1, 0.15) is 0 Å². The Bertz CT molecular complexity index is 693. The standard InChI is InChI=1S/C15H19BrN2O3S/c1-3-4-15(19)17-7-9-18(10-8-17)22(20,21)13-5-6-14(16)12(2)11-13/h3-6,11H,7-10H2,1-2H3/b4-3+. The number of carbonyl (C=O) groups excluding carboxylic acids is 1. The summed E-state index contributed by atoms with van der Waals surface area (Å²) in [5.41, 5.74) is 0.878. The highest BCUT2D eigenvalue weighted by atomic mass is 79.9. The van der Waals surface area contributed by atoms with Gasteiger partial charge in [-0.1, -0.05) is 22.0 Å². The Morgan fingerprint density at radius 1 is 1.23 bits per heavy atom. The minimum Gasteiger partial charge on any atom is -0.337 e. The molecule has 0 radical (unpaired) electrons. The van der Waals surface area contributed by atoms with Gasteiger partial charge in [-0.15, -0.1) is 0 Å². The van der Waals surface area contributed by atoms with Gasteiger partial charge >= 0.3 is 0 Å². The molecule has 1 saturated heterocycles. The van der Waals surface area contributed by atoms with Crippen molar-refractivity contribution in [2.24, 2.45) is 0 Å². The number of hydrogen-bond acceptors (Lipinski definition) is 3. The molecule has 1 amide bonds. The van der Waals surface area contributed by atoms with Crippen LogP contribution in [0.15, 0.2) is 39.7 Å². The summed E-state index contributed by atoms with van der Waals surface area (Å²) < 4.78 is 27.6. The van der Waals surface area contributed by atoms with Crippen molar-refractivity contribution >= 4 is 31.9 Å². The summed E-state index contributed by atoms with van der Waals surface area (Å²) in [6.07, 6.45) is 3.19. The quantitative estimate of drug-likeness (QED) is 0.747. The van der Waals surface area contributed by atoms with Gasteiger partial charge in [0.15, 0.2) is 0 Å². The molecule has 0 aliphatic carbocycles. The van der Waals surface area contributed by atoms with Crippen LogP contribution in [0.2, 0.25) is 0 Å². The van der Waals surface area contributed by atoms with Gasteiger partial charge in [0.2, 0.25) is 15.9 Å². The molecule has 5 nitrogen and oxygen atoms in total. The molecule has 1 aromatic carbocycles. The third kappa shape index (κ3) is 3.59. The van der Waals surface area contributed by atoms with Gasteiger partial charge in [0, 0.05) is 30.7 Å². The maximum atomic E-state index is 12.6. The highest BCUT2D eigenvalue weighted by Gasteiger charge is 2.29. The number of hydrogen-bond donors (Lipinski definition) is 0. The van der Waals surface area contributed by atoms with Gasteiger partial charge in [-0.2, -0.15) is 4.31 Å². The molecule has 0 saturated carbocycles. The summed E-state index contributed by atoms with van der Waals surface area (Å²) >= 11 is 3.37. The molecule has 1 aromatic rings. The van der Waals surface area contributed by atoms with Crippen LogP contribution < -0.4 is 0 Å². The second-order valence-corrected chi connectivity index (χ2v) is 7.93. The molecule has 1 aliphatic rings. The number of carbonyl (C=O) groups is 1. The second-order valence-electron chi connectivity index (χ2n) is 5.14. The minimum absolute atomic E-state index is 0.0703. The molecule has 1 heterocycles. The highest BCUT2D eigenvalue weighted by molar-refractivity contribution is 9.10. The van der Waals surface area contributed by atoms with Crippen LogP contribution in [-0.2, 0) is 14.8 Å². The first-order valence-corrected chi connectivity index (χ1v) is 9.27. The van der Waals surface area contributed by atoms with Crippen LogP contribution in [0.5, 0.6) is 0 Å². The molecule has 0 atom stereocenters. The third-order valence-electron chi connectivity index (χ3n) is 3.63. The number of sulfonamides is 1. The predicted octanol–water partition coefficient (Wildman–Crippen LogP) is 2.17. The molecule has 22 heavy (non-hydrogen) atoms. The van der Waals surface area contributed by atoms with Crippen LogP contribution in [-0.4, -0.2) is 49.7 Å². The topological polar surface area (TPSA) is 57.7 Å². The van der Waals surface area contributed by atoms with E-state index in [9.17, 15) is 13.2 Å². The molecule has 0 bridgehead atoms. The fraction of sp³-hybridized carbons (Fsp3) is 0.400. The normalized spacial score (nSPS) is 17.1. The number of rotatable bonds is 3. The van der Waals surface area contributed by atoms with Gasteiger partial charge in [-0.3, -0.25) is 4.79 Å². The van der Waals surface area contributed by atoms with E-state index in [4.69, 9.17) is 0 Å². The number of nitrogens with zero attached hydrogens (tertiary/aromatic N) is 2. The van der Waals surface area contributed by atoms with E-state index in [1.807, 2.05) is 6.92 Å². The molecule has 120 valence electrons. The van der Waals surface area contributed by atoms with E-state index < -0.39 is 10.0 Å². The zero-order chi connectivity index (χ0) is 16.3. The first-order valence-electron chi connectivity index (χ1n) is 7.04. The van der Waals surface area contributed by atoms with E-state index in [0.717, 1.165) is 10.0 Å². The molecule has 2 rings (SSSR count). The average Bonchev–Trinajstić information content (AvgIpc) is 2.50. The molecular formula is C15H19BrN2O3S. The fourth-order valence-corrected chi connectivity index (χ4v) is 4.08. The van der Waals surface area contributed by atoms with Crippen molar-refractivity contribution < 1.29 is 13.2 Å². The molecule has 7 heteroatoms. The summed E-state index contributed by atoms with van der Waals surface area (Å²) in [4.78, 5) is 13.7. The Balaban J connectivity index is 2.12. The van der Waals surface area contributed by atoms with Crippen LogP contribution in [0.3, 0.4) is 0 Å². The number of aryl methyl sites for hydroxylation is 1. The Morgan fingerprint density at radius 2 is 1.86 bits per heavy atom. The van der Waals surface area contributed by atoms with Crippen LogP contribution in [0, 0.1) is 6.92 Å². The lowest BCUT2D eigenvalue weighted by atomic mass is 10.2. The van der Waals surface area contributed by atoms with E-state index in [1.165, 1.54) is 10.4 Å². The SMILES string of the molecule is C/C=C/C(=O)N1CCN(S(=O)(=O)c2ccc(Br)c(C)c2)CC1. The van der Waals surface area contributed by atoms with Gasteiger partial charge in [0.05, 0.1) is 4.90 Å². The van der Waals surface area contributed by atoms with E-state index in [1.54, 1.807) is 36.1 Å². The Kier molecular flexibility index (Phi) is 5.41. The van der Waals surface area contributed by atoms with Crippen molar-refractivity contribution in [3.8, 4) is 0 Å². The third-order valence-corrected chi connectivity index (χ3v) is 6.41. The zero-order valence-corrected chi connectivity index (χ0v) is 15.0. The molecular weight excluding hydrogens is 368 g/mol. The molecule has 0 unspecified atom stereocenters. The van der Waals surface area contributed by atoms with Crippen LogP contribution in [0.4, 0.5) is 0 Å². The first-order chi connectivity index (χ1) is 10.4. The lowest BCUT2D eigenvalue weighted by Crippen LogP contribution is -2.50. The summed E-state index contributed by atoms with van der Waals surface area (Å²) in [5, 5.41) is 0. The smallest absolute Gasteiger partial charge is 0.246 e. The molecule has 1 fully saturated rings. The maximum absolute atomic E-state index is 12.6. The van der Waals surface area contributed by atoms with Crippen molar-refractivity contribution in [3.63, 3.8) is 0 Å². The lowest BCUT2D eigenvalue weighted by Gasteiger charge is -2.33. The summed E-state index contributed by atoms with van der Waals surface area (Å²) in [5.74, 6) is -0.0703. The zero-order valence-electron chi connectivity index (χ0n) is 12.6. The average molecular weight is 387 g/mol. The largest absolute Gasteiger partial charge is 0.337 e. The summed E-state index contributed by atoms with van der Waals surface area (Å²) in [6.45, 7) is 5.11. The molecule has 0 spiro atoms. The molecule has 0 aromatic heterocycles. The Hall–Kier alpha value is -1.18. The lowest BCUT2D eigenvalue weighted by molar-refractivity contribution is -0.127. The summed E-state index contributed by atoms with van der Waals surface area (Å²) in [6, 6.07) is 5.01. The number of amides is 1.